The fraction of sp³-hybridized carbons (Fsp3) is 0.100. The van der Waals surface area contributed by atoms with Crippen molar-refractivity contribution in [1.29, 1.82) is 5.26 Å². The minimum atomic E-state index is 0.210. The smallest absolute Gasteiger partial charge is 0.236 e. The molecule has 2 aromatic carbocycles. The van der Waals surface area contributed by atoms with Gasteiger partial charge in [-0.25, -0.2) is 0 Å². The van der Waals surface area contributed by atoms with Gasteiger partial charge in [0.05, 0.1) is 6.61 Å². The Hall–Kier alpha value is -3.52. The van der Waals surface area contributed by atoms with E-state index in [9.17, 15) is 5.26 Å². The predicted molar refractivity (Wildman–Crippen MR) is 97.5 cm³/mol. The van der Waals surface area contributed by atoms with Crippen molar-refractivity contribution in [1.82, 2.24) is 4.98 Å². The number of oxazole rings is 1. The number of aromatic nitrogens is 1. The van der Waals surface area contributed by atoms with Gasteiger partial charge in [-0.2, -0.15) is 10.2 Å². The maximum atomic E-state index is 9.25. The molecule has 1 heterocycles. The summed E-state index contributed by atoms with van der Waals surface area (Å²) in [6, 6.07) is 19.3. The van der Waals surface area contributed by atoms with Crippen LogP contribution in [-0.4, -0.2) is 11.6 Å². The average molecular weight is 331 g/mol. The molecule has 25 heavy (non-hydrogen) atoms. The topological polar surface area (TPSA) is 71.1 Å². The van der Waals surface area contributed by atoms with Crippen LogP contribution >= 0.6 is 0 Å². The van der Waals surface area contributed by atoms with Crippen molar-refractivity contribution >= 4 is 23.7 Å². The molecule has 0 unspecified atom stereocenters. The molecule has 1 aromatic heterocycles. The van der Waals surface area contributed by atoms with Crippen molar-refractivity contribution in [3.8, 4) is 11.8 Å². The van der Waals surface area contributed by atoms with E-state index in [0.717, 1.165) is 17.0 Å². The minimum absolute atomic E-state index is 0.210. The lowest BCUT2D eigenvalue weighted by molar-refractivity contribution is 0.340. The summed E-state index contributed by atoms with van der Waals surface area (Å²) < 4.78 is 11.1. The van der Waals surface area contributed by atoms with Crippen LogP contribution in [0.25, 0.3) is 12.2 Å². The molecule has 0 aliphatic carbocycles. The van der Waals surface area contributed by atoms with E-state index in [1.165, 1.54) is 0 Å². The first-order chi connectivity index (χ1) is 12.3. The third-order valence-electron chi connectivity index (χ3n) is 3.39. The summed E-state index contributed by atoms with van der Waals surface area (Å²) in [7, 11) is 0. The van der Waals surface area contributed by atoms with Crippen LogP contribution in [0, 0.1) is 11.3 Å². The molecule has 0 aliphatic rings. The van der Waals surface area contributed by atoms with E-state index in [4.69, 9.17) is 9.15 Å². The second-order valence-corrected chi connectivity index (χ2v) is 5.17. The Morgan fingerprint density at radius 3 is 2.56 bits per heavy atom. The van der Waals surface area contributed by atoms with E-state index in [1.54, 1.807) is 6.08 Å². The molecule has 0 amide bonds. The van der Waals surface area contributed by atoms with Gasteiger partial charge >= 0.3 is 0 Å². The lowest BCUT2D eigenvalue weighted by atomic mass is 10.2. The molecule has 0 atom stereocenters. The second-order valence-electron chi connectivity index (χ2n) is 5.17. The summed E-state index contributed by atoms with van der Waals surface area (Å²) >= 11 is 0. The van der Waals surface area contributed by atoms with Gasteiger partial charge in [-0.15, -0.1) is 0 Å². The third-order valence-corrected chi connectivity index (χ3v) is 3.39. The molecular formula is C20H17N3O2. The molecule has 0 bridgehead atoms. The molecule has 5 nitrogen and oxygen atoms in total. The van der Waals surface area contributed by atoms with Crippen LogP contribution in [-0.2, 0) is 0 Å². The number of hydrogen-bond acceptors (Lipinski definition) is 5. The maximum Gasteiger partial charge on any atom is 0.236 e. The first-order valence-corrected chi connectivity index (χ1v) is 7.92. The number of anilines is 2. The largest absolute Gasteiger partial charge is 0.494 e. The Morgan fingerprint density at radius 2 is 1.88 bits per heavy atom. The van der Waals surface area contributed by atoms with E-state index < -0.39 is 0 Å². The number of ether oxygens (including phenoxy) is 1. The van der Waals surface area contributed by atoms with E-state index in [-0.39, 0.29) is 5.69 Å². The normalized spacial score (nSPS) is 10.6. The summed E-state index contributed by atoms with van der Waals surface area (Å²) in [6.45, 7) is 2.55. The summed E-state index contributed by atoms with van der Waals surface area (Å²) in [5, 5.41) is 12.3. The average Bonchev–Trinajstić information content (AvgIpc) is 3.04. The quantitative estimate of drug-likeness (QED) is 0.698. The molecule has 1 N–H and O–H groups in total. The van der Waals surface area contributed by atoms with Crippen molar-refractivity contribution in [2.24, 2.45) is 0 Å². The molecule has 0 saturated carbocycles. The molecule has 0 aliphatic heterocycles. The Kier molecular flexibility index (Phi) is 5.13. The van der Waals surface area contributed by atoms with E-state index in [0.29, 0.717) is 18.4 Å². The van der Waals surface area contributed by atoms with Crippen LogP contribution in [0.4, 0.5) is 11.6 Å². The van der Waals surface area contributed by atoms with Crippen molar-refractivity contribution in [2.75, 3.05) is 11.9 Å². The maximum absolute atomic E-state index is 9.25. The highest BCUT2D eigenvalue weighted by Gasteiger charge is 2.11. The number of hydrogen-bond donors (Lipinski definition) is 1. The number of nitrogens with one attached hydrogen (secondary N) is 1. The van der Waals surface area contributed by atoms with Gasteiger partial charge in [0.2, 0.25) is 17.5 Å². The van der Waals surface area contributed by atoms with Gasteiger partial charge in [0.15, 0.2) is 0 Å². The van der Waals surface area contributed by atoms with Crippen molar-refractivity contribution in [2.45, 2.75) is 6.92 Å². The molecule has 0 saturated heterocycles. The minimum Gasteiger partial charge on any atom is -0.494 e. The van der Waals surface area contributed by atoms with Gasteiger partial charge in [-0.05, 0) is 42.8 Å². The number of rotatable bonds is 6. The Labute approximate surface area is 146 Å². The van der Waals surface area contributed by atoms with Crippen LogP contribution < -0.4 is 10.1 Å². The van der Waals surface area contributed by atoms with Crippen molar-refractivity contribution in [3.63, 3.8) is 0 Å². The molecule has 3 aromatic rings. The highest BCUT2D eigenvalue weighted by atomic mass is 16.5. The summed E-state index contributed by atoms with van der Waals surface area (Å²) in [6.07, 6.45) is 3.62. The fourth-order valence-electron chi connectivity index (χ4n) is 2.23. The lowest BCUT2D eigenvalue weighted by Crippen LogP contribution is -1.93. The van der Waals surface area contributed by atoms with Gasteiger partial charge in [-0.1, -0.05) is 30.3 Å². The van der Waals surface area contributed by atoms with Crippen LogP contribution in [0.1, 0.15) is 24.1 Å². The van der Waals surface area contributed by atoms with Crippen LogP contribution in [0.2, 0.25) is 0 Å². The van der Waals surface area contributed by atoms with Crippen LogP contribution in [0.5, 0.6) is 5.75 Å². The van der Waals surface area contributed by atoms with Crippen LogP contribution in [0.15, 0.2) is 59.0 Å². The molecule has 5 heteroatoms. The van der Waals surface area contributed by atoms with Gasteiger partial charge < -0.3 is 14.5 Å². The highest BCUT2D eigenvalue weighted by molar-refractivity contribution is 5.68. The van der Waals surface area contributed by atoms with Crippen molar-refractivity contribution < 1.29 is 9.15 Å². The van der Waals surface area contributed by atoms with E-state index in [1.807, 2.05) is 73.7 Å². The van der Waals surface area contributed by atoms with E-state index >= 15 is 0 Å². The summed E-state index contributed by atoms with van der Waals surface area (Å²) in [5.74, 6) is 1.48. The third kappa shape index (κ3) is 4.27. The van der Waals surface area contributed by atoms with Crippen molar-refractivity contribution in [3.05, 3.63) is 71.7 Å². The van der Waals surface area contributed by atoms with Gasteiger partial charge in [0, 0.05) is 11.8 Å². The standard InChI is InChI=1S/C20H17N3O2/c1-2-24-17-11-9-16(10-12-17)22-20-18(14-21)23-19(25-20)13-8-15-6-4-3-5-7-15/h3-13,22H,2H2,1H3/b13-8+. The second kappa shape index (κ2) is 7.84. The fourth-order valence-corrected chi connectivity index (χ4v) is 2.23. The zero-order valence-electron chi connectivity index (χ0n) is 13.8. The monoisotopic (exact) mass is 331 g/mol. The number of nitriles is 1. The van der Waals surface area contributed by atoms with Gasteiger partial charge in [0.25, 0.3) is 0 Å². The lowest BCUT2D eigenvalue weighted by Gasteiger charge is -2.05. The molecule has 124 valence electrons. The highest BCUT2D eigenvalue weighted by Crippen LogP contribution is 2.24. The number of nitrogens with zero attached hydrogens (tertiary/aromatic N) is 2. The first-order valence-electron chi connectivity index (χ1n) is 7.92. The number of benzene rings is 2. The molecule has 3 rings (SSSR count). The van der Waals surface area contributed by atoms with Crippen LogP contribution in [0.3, 0.4) is 0 Å². The summed E-state index contributed by atoms with van der Waals surface area (Å²) in [5.41, 5.74) is 2.02. The van der Waals surface area contributed by atoms with Gasteiger partial charge in [0.1, 0.15) is 11.8 Å². The van der Waals surface area contributed by atoms with Gasteiger partial charge in [-0.3, -0.25) is 0 Å². The summed E-state index contributed by atoms with van der Waals surface area (Å²) in [4.78, 5) is 4.19. The molecular weight excluding hydrogens is 314 g/mol. The Morgan fingerprint density at radius 1 is 1.12 bits per heavy atom. The molecule has 0 radical (unpaired) electrons. The molecule has 0 spiro atoms. The first kappa shape index (κ1) is 16.3. The zero-order valence-corrected chi connectivity index (χ0v) is 13.8. The zero-order chi connectivity index (χ0) is 17.5. The predicted octanol–water partition coefficient (Wildman–Crippen LogP) is 4.86. The Balaban J connectivity index is 1.76. The van der Waals surface area contributed by atoms with E-state index in [2.05, 4.69) is 10.3 Å². The molecule has 0 fully saturated rings. The Bertz CT molecular complexity index is 891. The SMILES string of the molecule is CCOc1ccc(Nc2oc(/C=C/c3ccccc3)nc2C#N)cc1.